The van der Waals surface area contributed by atoms with Gasteiger partial charge >= 0.3 is 5.69 Å². The quantitative estimate of drug-likeness (QED) is 0.0937. The molecule has 10 nitrogen and oxygen atoms in total. The molecule has 0 atom stereocenters. The number of aromatic nitrogens is 2. The van der Waals surface area contributed by atoms with Gasteiger partial charge in [-0.05, 0) is 54.1 Å². The summed E-state index contributed by atoms with van der Waals surface area (Å²) in [4.78, 5) is 29.8. The molecule has 0 saturated carbocycles. The van der Waals surface area contributed by atoms with Gasteiger partial charge in [0.1, 0.15) is 17.9 Å². The zero-order chi connectivity index (χ0) is 30.1. The molecular weight excluding hydrogens is 640 g/mol. The zero-order valence-electron chi connectivity index (χ0n) is 22.4. The van der Waals surface area contributed by atoms with Gasteiger partial charge in [0.05, 0.1) is 34.5 Å². The van der Waals surface area contributed by atoms with Gasteiger partial charge in [-0.3, -0.25) is 14.9 Å². The number of nitro groups is 1. The molecule has 2 heterocycles. The Morgan fingerprint density at radius 3 is 2.63 bits per heavy atom. The second-order valence-corrected chi connectivity index (χ2v) is 10.7. The summed E-state index contributed by atoms with van der Waals surface area (Å²) >= 11 is 9.64. The molecule has 0 spiro atoms. The Morgan fingerprint density at radius 2 is 1.86 bits per heavy atom. The van der Waals surface area contributed by atoms with E-state index >= 15 is 0 Å². The highest BCUT2D eigenvalue weighted by Crippen LogP contribution is 2.35. The first-order chi connectivity index (χ1) is 20.8. The van der Waals surface area contributed by atoms with Crippen LogP contribution in [0.25, 0.3) is 33.5 Å². The third-order valence-corrected chi connectivity index (χ3v) is 7.33. The topological polar surface area (TPSA) is 122 Å². The third-order valence-electron chi connectivity index (χ3n) is 6.58. The molecule has 0 fully saturated rings. The Bertz CT molecular complexity index is 2110. The molecule has 2 aromatic heterocycles. The van der Waals surface area contributed by atoms with Gasteiger partial charge < -0.3 is 13.9 Å². The van der Waals surface area contributed by atoms with Crippen LogP contribution in [0, 0.1) is 10.1 Å². The van der Waals surface area contributed by atoms with Gasteiger partial charge in [0, 0.05) is 21.1 Å². The average Bonchev–Trinajstić information content (AvgIpc) is 3.45. The van der Waals surface area contributed by atoms with Gasteiger partial charge in [-0.15, -0.1) is 0 Å². The van der Waals surface area contributed by atoms with Gasteiger partial charge in [0.25, 0.3) is 5.56 Å². The van der Waals surface area contributed by atoms with E-state index in [0.29, 0.717) is 27.6 Å². The van der Waals surface area contributed by atoms with E-state index in [0.717, 1.165) is 14.7 Å². The van der Waals surface area contributed by atoms with E-state index in [2.05, 4.69) is 26.0 Å². The third kappa shape index (κ3) is 5.60. The van der Waals surface area contributed by atoms with Crippen LogP contribution in [0.1, 0.15) is 11.1 Å². The SMILES string of the molecule is COc1cccc2oc(-c3nc4ccccc4c(=O)n3N=Cc3cc(Cl)cc([N+](=O)[O-])c3OCc3ccc(Br)cc3)cc12. The summed E-state index contributed by atoms with van der Waals surface area (Å²) in [5.74, 6) is 0.915. The fraction of sp³-hybridized carbons (Fsp3) is 0.0645. The number of para-hydroxylation sites is 1. The van der Waals surface area contributed by atoms with E-state index in [9.17, 15) is 14.9 Å². The molecule has 6 aromatic rings. The lowest BCUT2D eigenvalue weighted by atomic mass is 10.2. The number of halogens is 2. The molecule has 0 unspecified atom stereocenters. The lowest BCUT2D eigenvalue weighted by molar-refractivity contribution is -0.385. The van der Waals surface area contributed by atoms with E-state index in [4.69, 9.17) is 25.5 Å². The highest BCUT2D eigenvalue weighted by Gasteiger charge is 2.22. The first-order valence-electron chi connectivity index (χ1n) is 12.8. The van der Waals surface area contributed by atoms with Crippen LogP contribution in [-0.2, 0) is 6.61 Å². The first kappa shape index (κ1) is 28.1. The summed E-state index contributed by atoms with van der Waals surface area (Å²) < 4.78 is 19.4. The molecule has 0 saturated heterocycles. The Balaban J connectivity index is 1.50. The Morgan fingerprint density at radius 1 is 1.07 bits per heavy atom. The molecule has 0 aliphatic carbocycles. The number of furan rings is 1. The monoisotopic (exact) mass is 658 g/mol. The highest BCUT2D eigenvalue weighted by atomic mass is 79.9. The van der Waals surface area contributed by atoms with Crippen LogP contribution in [0.2, 0.25) is 5.02 Å². The summed E-state index contributed by atoms with van der Waals surface area (Å²) in [5.41, 5.74) is 1.12. The molecule has 0 aliphatic rings. The molecule has 0 amide bonds. The molecule has 0 aliphatic heterocycles. The molecule has 12 heteroatoms. The molecule has 43 heavy (non-hydrogen) atoms. The van der Waals surface area contributed by atoms with Gasteiger partial charge in [0.15, 0.2) is 5.76 Å². The smallest absolute Gasteiger partial charge is 0.313 e. The summed E-state index contributed by atoms with van der Waals surface area (Å²) in [6.07, 6.45) is 1.28. The molecule has 214 valence electrons. The predicted octanol–water partition coefficient (Wildman–Crippen LogP) is 7.60. The van der Waals surface area contributed by atoms with Crippen LogP contribution in [0.4, 0.5) is 5.69 Å². The number of ether oxygens (including phenoxy) is 2. The number of hydrogen-bond donors (Lipinski definition) is 0. The van der Waals surface area contributed by atoms with E-state index in [1.54, 1.807) is 55.6 Å². The van der Waals surface area contributed by atoms with Crippen molar-refractivity contribution in [2.75, 3.05) is 7.11 Å². The fourth-order valence-electron chi connectivity index (χ4n) is 4.56. The van der Waals surface area contributed by atoms with Gasteiger partial charge in [0.2, 0.25) is 11.6 Å². The zero-order valence-corrected chi connectivity index (χ0v) is 24.7. The first-order valence-corrected chi connectivity index (χ1v) is 14.0. The number of nitro benzene ring substituents is 1. The van der Waals surface area contributed by atoms with E-state index in [1.165, 1.54) is 18.3 Å². The largest absolute Gasteiger partial charge is 0.496 e. The molecule has 0 radical (unpaired) electrons. The number of rotatable bonds is 8. The summed E-state index contributed by atoms with van der Waals surface area (Å²) in [5, 5.41) is 17.5. The van der Waals surface area contributed by atoms with Crippen molar-refractivity contribution in [1.82, 2.24) is 9.66 Å². The van der Waals surface area contributed by atoms with Crippen molar-refractivity contribution in [3.05, 3.63) is 126 Å². The van der Waals surface area contributed by atoms with Gasteiger partial charge in [-0.25, -0.2) is 4.98 Å². The van der Waals surface area contributed by atoms with Crippen molar-refractivity contribution in [3.63, 3.8) is 0 Å². The number of nitrogens with zero attached hydrogens (tertiary/aromatic N) is 4. The highest BCUT2D eigenvalue weighted by molar-refractivity contribution is 9.10. The normalized spacial score (nSPS) is 11.4. The maximum absolute atomic E-state index is 13.7. The van der Waals surface area contributed by atoms with Crippen molar-refractivity contribution in [1.29, 1.82) is 0 Å². The Labute approximate surface area is 257 Å². The molecule has 6 rings (SSSR count). The summed E-state index contributed by atoms with van der Waals surface area (Å²) in [7, 11) is 1.55. The van der Waals surface area contributed by atoms with Gasteiger partial charge in [-0.1, -0.05) is 57.9 Å². The fourth-order valence-corrected chi connectivity index (χ4v) is 5.04. The number of benzene rings is 4. The van der Waals surface area contributed by atoms with Crippen molar-refractivity contribution in [2.45, 2.75) is 6.61 Å². The maximum atomic E-state index is 13.7. The lowest BCUT2D eigenvalue weighted by Gasteiger charge is -2.11. The second kappa shape index (κ2) is 11.7. The minimum atomic E-state index is -0.586. The Hall–Kier alpha value is -5.00. The van der Waals surface area contributed by atoms with Crippen molar-refractivity contribution >= 4 is 61.3 Å². The van der Waals surface area contributed by atoms with Crippen molar-refractivity contribution in [2.24, 2.45) is 5.10 Å². The van der Waals surface area contributed by atoms with Crippen LogP contribution in [-0.4, -0.2) is 27.9 Å². The van der Waals surface area contributed by atoms with Gasteiger partial charge in [-0.2, -0.15) is 9.78 Å². The minimum Gasteiger partial charge on any atom is -0.496 e. The van der Waals surface area contributed by atoms with E-state index < -0.39 is 10.5 Å². The predicted molar refractivity (Wildman–Crippen MR) is 167 cm³/mol. The summed E-state index contributed by atoms with van der Waals surface area (Å²) in [6, 6.07) is 23.9. The van der Waals surface area contributed by atoms with E-state index in [1.807, 2.05) is 24.3 Å². The van der Waals surface area contributed by atoms with Crippen molar-refractivity contribution < 1.29 is 18.8 Å². The number of fused-ring (bicyclic) bond motifs is 2. The van der Waals surface area contributed by atoms with Crippen LogP contribution in [0.3, 0.4) is 0 Å². The number of methoxy groups -OCH3 is 1. The Kier molecular flexibility index (Phi) is 7.66. The molecule has 0 N–H and O–H groups in total. The van der Waals surface area contributed by atoms with Crippen LogP contribution >= 0.6 is 27.5 Å². The molecule has 4 aromatic carbocycles. The van der Waals surface area contributed by atoms with Crippen LogP contribution in [0.5, 0.6) is 11.5 Å². The van der Waals surface area contributed by atoms with Crippen molar-refractivity contribution in [3.8, 4) is 23.1 Å². The maximum Gasteiger partial charge on any atom is 0.313 e. The standard InChI is InChI=1S/C31H20BrClN4O6/c1-41-26-7-4-8-27-23(26)15-28(43-27)30-35-24-6-3-2-5-22(24)31(38)36(30)34-16-19-13-21(33)14-25(37(39)40)29(19)42-17-18-9-11-20(32)12-10-18/h2-16H,17H2,1H3. The second-order valence-electron chi connectivity index (χ2n) is 9.31. The van der Waals surface area contributed by atoms with Crippen LogP contribution in [0.15, 0.2) is 104 Å². The molecular formula is C31H20BrClN4O6. The van der Waals surface area contributed by atoms with Crippen LogP contribution < -0.4 is 15.0 Å². The number of hydrogen-bond acceptors (Lipinski definition) is 8. The minimum absolute atomic E-state index is 0.0418. The lowest BCUT2D eigenvalue weighted by Crippen LogP contribution is -2.20. The summed E-state index contributed by atoms with van der Waals surface area (Å²) in [6.45, 7) is 0.0418. The molecule has 0 bridgehead atoms. The average molecular weight is 660 g/mol. The van der Waals surface area contributed by atoms with E-state index in [-0.39, 0.29) is 40.2 Å².